The Labute approximate surface area is 353 Å². The molecule has 0 aliphatic carbocycles. The third-order valence-corrected chi connectivity index (χ3v) is 10.7. The van der Waals surface area contributed by atoms with Gasteiger partial charge in [-0.3, -0.25) is 9.59 Å². The number of fused-ring (bicyclic) bond motifs is 2. The Morgan fingerprint density at radius 1 is 0.362 bits per heavy atom. The standard InChI is InChI=1S/C52H82O6/c1-51(2,3)57-47(53)39-27-23-19-15-11-7-9-13-17-21-25-33-41-55-49-43-35-29-31-37-45(43)50(46-38-32-30-36-44(46)49)56-42-34-26-22-18-14-10-8-12-16-20-24-28-40-48(54)58-52(4,5)6/h29-32,35-38H,7-28,33-34,39-42H2,1-6H3. The molecule has 58 heavy (non-hydrogen) atoms. The highest BCUT2D eigenvalue weighted by Crippen LogP contribution is 2.43. The molecule has 3 aromatic carbocycles. The molecule has 0 N–H and O–H groups in total. The van der Waals surface area contributed by atoms with Crippen molar-refractivity contribution in [3.63, 3.8) is 0 Å². The van der Waals surface area contributed by atoms with Crippen molar-refractivity contribution in [3.05, 3.63) is 48.5 Å². The van der Waals surface area contributed by atoms with E-state index in [1.54, 1.807) is 0 Å². The molecule has 0 heterocycles. The van der Waals surface area contributed by atoms with E-state index in [9.17, 15) is 9.59 Å². The number of carbonyl (C=O) groups is 2. The summed E-state index contributed by atoms with van der Waals surface area (Å²) in [5.74, 6) is 1.85. The monoisotopic (exact) mass is 803 g/mol. The highest BCUT2D eigenvalue weighted by molar-refractivity contribution is 6.11. The second-order valence-electron chi connectivity index (χ2n) is 18.6. The van der Waals surface area contributed by atoms with E-state index in [2.05, 4.69) is 48.5 Å². The van der Waals surface area contributed by atoms with Crippen LogP contribution in [0.15, 0.2) is 48.5 Å². The molecule has 0 spiro atoms. The van der Waals surface area contributed by atoms with Gasteiger partial charge in [0.05, 0.1) is 13.2 Å². The maximum absolute atomic E-state index is 11.8. The Morgan fingerprint density at radius 3 is 0.828 bits per heavy atom. The summed E-state index contributed by atoms with van der Waals surface area (Å²) >= 11 is 0. The van der Waals surface area contributed by atoms with E-state index in [1.165, 1.54) is 116 Å². The minimum Gasteiger partial charge on any atom is -0.492 e. The van der Waals surface area contributed by atoms with Gasteiger partial charge in [0.1, 0.15) is 22.7 Å². The zero-order chi connectivity index (χ0) is 41.9. The number of unbranched alkanes of at least 4 members (excludes halogenated alkanes) is 22. The summed E-state index contributed by atoms with van der Waals surface area (Å²) in [6, 6.07) is 17.2. The van der Waals surface area contributed by atoms with Gasteiger partial charge in [-0.1, -0.05) is 177 Å². The minimum absolute atomic E-state index is 0.0650. The van der Waals surface area contributed by atoms with Crippen LogP contribution in [0.3, 0.4) is 0 Å². The highest BCUT2D eigenvalue weighted by atomic mass is 16.6. The molecule has 6 nitrogen and oxygen atoms in total. The number of hydrogen-bond acceptors (Lipinski definition) is 6. The van der Waals surface area contributed by atoms with Crippen LogP contribution in [0, 0.1) is 0 Å². The van der Waals surface area contributed by atoms with Gasteiger partial charge in [0.25, 0.3) is 0 Å². The van der Waals surface area contributed by atoms with Gasteiger partial charge >= 0.3 is 11.9 Å². The lowest BCUT2D eigenvalue weighted by Crippen LogP contribution is -2.23. The molecule has 0 bridgehead atoms. The zero-order valence-electron chi connectivity index (χ0n) is 37.9. The summed E-state index contributed by atoms with van der Waals surface area (Å²) in [7, 11) is 0. The second kappa shape index (κ2) is 28.2. The van der Waals surface area contributed by atoms with E-state index in [-0.39, 0.29) is 23.1 Å². The van der Waals surface area contributed by atoms with E-state index < -0.39 is 0 Å². The van der Waals surface area contributed by atoms with Gasteiger partial charge in [-0.05, 0) is 67.2 Å². The molecule has 0 aliphatic rings. The summed E-state index contributed by atoms with van der Waals surface area (Å²) in [5, 5.41) is 4.56. The van der Waals surface area contributed by atoms with Crippen molar-refractivity contribution in [2.45, 2.75) is 220 Å². The first-order valence-electron chi connectivity index (χ1n) is 23.6. The third kappa shape index (κ3) is 21.6. The predicted molar refractivity (Wildman–Crippen MR) is 244 cm³/mol. The van der Waals surface area contributed by atoms with Gasteiger partial charge in [-0.25, -0.2) is 0 Å². The summed E-state index contributed by atoms with van der Waals surface area (Å²) < 4.78 is 23.9. The fourth-order valence-corrected chi connectivity index (χ4v) is 7.77. The average Bonchev–Trinajstić information content (AvgIpc) is 3.16. The molecular weight excluding hydrogens is 721 g/mol. The molecule has 3 aromatic rings. The zero-order valence-corrected chi connectivity index (χ0v) is 37.9. The number of ether oxygens (including phenoxy) is 4. The van der Waals surface area contributed by atoms with Gasteiger partial charge in [0, 0.05) is 34.4 Å². The van der Waals surface area contributed by atoms with Crippen LogP contribution in [0.5, 0.6) is 11.5 Å². The maximum Gasteiger partial charge on any atom is 0.306 e. The summed E-state index contributed by atoms with van der Waals surface area (Å²) in [4.78, 5) is 23.7. The fraction of sp³-hybridized carbons (Fsp3) is 0.692. The van der Waals surface area contributed by atoms with Crippen molar-refractivity contribution >= 4 is 33.5 Å². The molecule has 0 saturated heterocycles. The quantitative estimate of drug-likeness (QED) is 0.0356. The molecule has 0 fully saturated rings. The van der Waals surface area contributed by atoms with E-state index in [0.717, 1.165) is 84.8 Å². The molecular formula is C52H82O6. The molecule has 0 atom stereocenters. The van der Waals surface area contributed by atoms with E-state index in [4.69, 9.17) is 18.9 Å². The van der Waals surface area contributed by atoms with Crippen molar-refractivity contribution in [3.8, 4) is 11.5 Å². The van der Waals surface area contributed by atoms with Gasteiger partial charge in [0.2, 0.25) is 0 Å². The van der Waals surface area contributed by atoms with Crippen LogP contribution in [0.4, 0.5) is 0 Å². The maximum atomic E-state index is 11.8. The molecule has 0 aromatic heterocycles. The number of rotatable bonds is 32. The van der Waals surface area contributed by atoms with Crippen LogP contribution in [0.1, 0.15) is 208 Å². The summed E-state index contributed by atoms with van der Waals surface area (Å²) in [5.41, 5.74) is -0.756. The molecule has 326 valence electrons. The van der Waals surface area contributed by atoms with Gasteiger partial charge in [-0.2, -0.15) is 0 Å². The normalized spacial score (nSPS) is 12.0. The molecule has 3 rings (SSSR count). The Bertz CT molecular complexity index is 1390. The number of carbonyl (C=O) groups excluding carboxylic acids is 2. The lowest BCUT2D eigenvalue weighted by molar-refractivity contribution is -0.156. The number of benzene rings is 3. The van der Waals surface area contributed by atoms with Crippen molar-refractivity contribution < 1.29 is 28.5 Å². The van der Waals surface area contributed by atoms with Crippen molar-refractivity contribution in [2.75, 3.05) is 13.2 Å². The van der Waals surface area contributed by atoms with E-state index in [1.807, 2.05) is 41.5 Å². The Kier molecular flexibility index (Phi) is 23.9. The molecule has 0 amide bonds. The van der Waals surface area contributed by atoms with Gasteiger partial charge < -0.3 is 18.9 Å². The predicted octanol–water partition coefficient (Wildman–Crippen LogP) is 15.6. The molecule has 0 unspecified atom stereocenters. The Hall–Kier alpha value is -3.28. The van der Waals surface area contributed by atoms with E-state index >= 15 is 0 Å². The van der Waals surface area contributed by atoms with Crippen molar-refractivity contribution in [1.82, 2.24) is 0 Å². The van der Waals surface area contributed by atoms with Gasteiger partial charge in [0.15, 0.2) is 0 Å². The molecule has 0 radical (unpaired) electrons. The second-order valence-corrected chi connectivity index (χ2v) is 18.6. The third-order valence-electron chi connectivity index (χ3n) is 10.7. The molecule has 0 aliphatic heterocycles. The lowest BCUT2D eigenvalue weighted by Gasteiger charge is -2.19. The topological polar surface area (TPSA) is 71.1 Å². The van der Waals surface area contributed by atoms with Crippen LogP contribution in [-0.4, -0.2) is 36.4 Å². The minimum atomic E-state index is -0.378. The first kappa shape index (κ1) is 49.1. The smallest absolute Gasteiger partial charge is 0.306 e. The largest absolute Gasteiger partial charge is 0.492 e. The first-order chi connectivity index (χ1) is 27.9. The van der Waals surface area contributed by atoms with Crippen LogP contribution in [-0.2, 0) is 19.1 Å². The first-order valence-corrected chi connectivity index (χ1v) is 23.6. The Morgan fingerprint density at radius 2 is 0.586 bits per heavy atom. The van der Waals surface area contributed by atoms with Crippen molar-refractivity contribution in [2.24, 2.45) is 0 Å². The lowest BCUT2D eigenvalue weighted by atomic mass is 10.0. The Balaban J connectivity index is 1.24. The SMILES string of the molecule is CC(C)(C)OC(=O)CCCCCCCCCCCCCCOc1c2ccccc2c(OCCCCCCCCCCCCCCC(=O)OC(C)(C)C)c2ccccc12. The van der Waals surface area contributed by atoms with Crippen LogP contribution >= 0.6 is 0 Å². The van der Waals surface area contributed by atoms with Crippen LogP contribution in [0.2, 0.25) is 0 Å². The van der Waals surface area contributed by atoms with Crippen LogP contribution in [0.25, 0.3) is 21.5 Å². The van der Waals surface area contributed by atoms with E-state index in [0.29, 0.717) is 12.8 Å². The summed E-state index contributed by atoms with van der Waals surface area (Å²) in [6.07, 6.45) is 30.4. The fourth-order valence-electron chi connectivity index (χ4n) is 7.77. The molecule has 6 heteroatoms. The summed E-state index contributed by atoms with van der Waals surface area (Å²) in [6.45, 7) is 13.0. The highest BCUT2D eigenvalue weighted by Gasteiger charge is 2.18. The number of hydrogen-bond donors (Lipinski definition) is 0. The molecule has 0 saturated carbocycles. The van der Waals surface area contributed by atoms with Gasteiger partial charge in [-0.15, -0.1) is 0 Å². The van der Waals surface area contributed by atoms with Crippen LogP contribution < -0.4 is 9.47 Å². The average molecular weight is 803 g/mol. The number of esters is 2. The van der Waals surface area contributed by atoms with Crippen molar-refractivity contribution in [1.29, 1.82) is 0 Å².